The Morgan fingerprint density at radius 2 is 2.12 bits per heavy atom. The number of carboxylic acid groups (broad SMARTS) is 1. The van der Waals surface area contributed by atoms with Crippen LogP contribution in [-0.2, 0) is 11.2 Å². The summed E-state index contributed by atoms with van der Waals surface area (Å²) in [5, 5.41) is 13.3. The van der Waals surface area contributed by atoms with Crippen LogP contribution in [0.1, 0.15) is 36.2 Å². The average molecular weight is 332 g/mol. The highest BCUT2D eigenvalue weighted by atomic mass is 19.1. The second-order valence-corrected chi connectivity index (χ2v) is 5.56. The maximum atomic E-state index is 14.0. The molecule has 1 fully saturated rings. The van der Waals surface area contributed by atoms with Gasteiger partial charge in [0.15, 0.2) is 0 Å². The van der Waals surface area contributed by atoms with Crippen molar-refractivity contribution < 1.29 is 19.1 Å². The van der Waals surface area contributed by atoms with Crippen LogP contribution in [0.15, 0.2) is 24.3 Å². The lowest BCUT2D eigenvalue weighted by Gasteiger charge is -2.19. The van der Waals surface area contributed by atoms with Crippen molar-refractivity contribution in [1.29, 1.82) is 0 Å². The van der Waals surface area contributed by atoms with Crippen LogP contribution in [0.2, 0.25) is 0 Å². The number of benzene rings is 1. The summed E-state index contributed by atoms with van der Waals surface area (Å²) in [5.41, 5.74) is 0.206. The van der Waals surface area contributed by atoms with Gasteiger partial charge in [-0.15, -0.1) is 5.10 Å². The number of aliphatic carboxylic acids is 1. The summed E-state index contributed by atoms with van der Waals surface area (Å²) < 4.78 is 15.3. The van der Waals surface area contributed by atoms with Gasteiger partial charge in [0, 0.05) is 13.0 Å². The van der Waals surface area contributed by atoms with Gasteiger partial charge in [-0.05, 0) is 25.0 Å². The fourth-order valence-corrected chi connectivity index (χ4v) is 2.88. The Kier molecular flexibility index (Phi) is 4.28. The highest BCUT2D eigenvalue weighted by Gasteiger charge is 2.36. The summed E-state index contributed by atoms with van der Waals surface area (Å²) >= 11 is 0. The zero-order valence-corrected chi connectivity index (χ0v) is 13.1. The van der Waals surface area contributed by atoms with Crippen molar-refractivity contribution in [2.45, 2.75) is 32.2 Å². The van der Waals surface area contributed by atoms with Crippen molar-refractivity contribution >= 4 is 11.9 Å². The molecule has 0 bridgehead atoms. The highest BCUT2D eigenvalue weighted by Crippen LogP contribution is 2.21. The van der Waals surface area contributed by atoms with Crippen molar-refractivity contribution in [2.24, 2.45) is 0 Å². The summed E-state index contributed by atoms with van der Waals surface area (Å²) in [4.78, 5) is 29.3. The lowest BCUT2D eigenvalue weighted by Crippen LogP contribution is -2.40. The number of rotatable bonds is 4. The topological polar surface area (TPSA) is 88.3 Å². The molecule has 1 unspecified atom stereocenters. The molecule has 1 amide bonds. The number of halogens is 1. The van der Waals surface area contributed by atoms with E-state index in [-0.39, 0.29) is 11.5 Å². The number of aryl methyl sites for hydroxylation is 1. The van der Waals surface area contributed by atoms with Crippen molar-refractivity contribution in [2.75, 3.05) is 6.54 Å². The third-order valence-corrected chi connectivity index (χ3v) is 4.06. The van der Waals surface area contributed by atoms with Gasteiger partial charge in [-0.3, -0.25) is 4.79 Å². The van der Waals surface area contributed by atoms with E-state index in [4.69, 9.17) is 0 Å². The minimum atomic E-state index is -1.04. The van der Waals surface area contributed by atoms with Crippen LogP contribution < -0.4 is 0 Å². The van der Waals surface area contributed by atoms with Crippen LogP contribution >= 0.6 is 0 Å². The molecule has 2 heterocycles. The van der Waals surface area contributed by atoms with E-state index in [9.17, 15) is 19.1 Å². The van der Waals surface area contributed by atoms with Crippen LogP contribution in [0.4, 0.5) is 4.39 Å². The third kappa shape index (κ3) is 2.75. The fraction of sp³-hybridized carbons (Fsp3) is 0.375. The van der Waals surface area contributed by atoms with E-state index in [0.29, 0.717) is 31.6 Å². The molecule has 1 aliphatic rings. The molecule has 1 N–H and O–H groups in total. The highest BCUT2D eigenvalue weighted by molar-refractivity contribution is 5.93. The van der Waals surface area contributed by atoms with E-state index in [2.05, 4.69) is 10.1 Å². The molecule has 126 valence electrons. The molecule has 8 heteroatoms. The lowest BCUT2D eigenvalue weighted by molar-refractivity contribution is -0.141. The smallest absolute Gasteiger partial charge is 0.326 e. The molecule has 2 aromatic rings. The summed E-state index contributed by atoms with van der Waals surface area (Å²) in [6.07, 6.45) is 1.49. The zero-order valence-electron chi connectivity index (χ0n) is 13.1. The normalized spacial score (nSPS) is 17.2. The van der Waals surface area contributed by atoms with Gasteiger partial charge in [0.25, 0.3) is 5.91 Å². The molecule has 0 saturated carbocycles. The first-order chi connectivity index (χ1) is 11.5. The number of amides is 1. The summed E-state index contributed by atoms with van der Waals surface area (Å²) in [6, 6.07) is 5.23. The number of nitrogens with zero attached hydrogens (tertiary/aromatic N) is 4. The minimum absolute atomic E-state index is 0.108. The molecule has 0 radical (unpaired) electrons. The van der Waals surface area contributed by atoms with Gasteiger partial charge in [0.2, 0.25) is 5.82 Å². The van der Waals surface area contributed by atoms with Crippen molar-refractivity contribution in [3.05, 3.63) is 41.7 Å². The quantitative estimate of drug-likeness (QED) is 0.920. The number of likely N-dealkylation sites (tertiary alicyclic amines) is 1. The molecule has 24 heavy (non-hydrogen) atoms. The van der Waals surface area contributed by atoms with Gasteiger partial charge in [0.1, 0.15) is 23.4 Å². The minimum Gasteiger partial charge on any atom is -0.480 e. The van der Waals surface area contributed by atoms with Crippen LogP contribution in [0.3, 0.4) is 0 Å². The number of para-hydroxylation sites is 1. The van der Waals surface area contributed by atoms with Gasteiger partial charge in [-0.25, -0.2) is 18.9 Å². The van der Waals surface area contributed by atoms with Crippen LogP contribution in [0.25, 0.3) is 5.69 Å². The van der Waals surface area contributed by atoms with Crippen LogP contribution in [-0.4, -0.2) is 49.2 Å². The van der Waals surface area contributed by atoms with Gasteiger partial charge in [0.05, 0.1) is 0 Å². The monoisotopic (exact) mass is 332 g/mol. The Labute approximate surface area is 137 Å². The van der Waals surface area contributed by atoms with Gasteiger partial charge < -0.3 is 10.0 Å². The number of hydrogen-bond donors (Lipinski definition) is 1. The molecule has 1 saturated heterocycles. The van der Waals surface area contributed by atoms with E-state index in [1.165, 1.54) is 15.6 Å². The molecule has 0 spiro atoms. The molecule has 1 atom stereocenters. The fourth-order valence-electron chi connectivity index (χ4n) is 2.88. The first kappa shape index (κ1) is 16.1. The SMILES string of the molecule is CCc1nc(C(=O)N2CCCC2C(=O)O)nn1-c1ccccc1F. The predicted molar refractivity (Wildman–Crippen MR) is 82.4 cm³/mol. The van der Waals surface area contributed by atoms with E-state index < -0.39 is 23.7 Å². The first-order valence-electron chi connectivity index (χ1n) is 7.77. The van der Waals surface area contributed by atoms with Crippen LogP contribution in [0.5, 0.6) is 0 Å². The predicted octanol–water partition coefficient (Wildman–Crippen LogP) is 1.66. The summed E-state index contributed by atoms with van der Waals surface area (Å²) in [5.74, 6) is -1.71. The van der Waals surface area contributed by atoms with Crippen molar-refractivity contribution in [3.8, 4) is 5.69 Å². The van der Waals surface area contributed by atoms with Crippen LogP contribution in [0, 0.1) is 5.82 Å². The Balaban J connectivity index is 1.97. The van der Waals surface area contributed by atoms with E-state index in [1.54, 1.807) is 18.2 Å². The molecular weight excluding hydrogens is 315 g/mol. The molecule has 3 rings (SSSR count). The molecule has 7 nitrogen and oxygen atoms in total. The number of hydrogen-bond acceptors (Lipinski definition) is 4. The van der Waals surface area contributed by atoms with Gasteiger partial charge in [-0.2, -0.15) is 0 Å². The molecular formula is C16H17FN4O3. The number of carbonyl (C=O) groups is 2. The maximum absolute atomic E-state index is 14.0. The Hall–Kier alpha value is -2.77. The second-order valence-electron chi connectivity index (χ2n) is 5.56. The van der Waals surface area contributed by atoms with Crippen molar-refractivity contribution in [3.63, 3.8) is 0 Å². The summed E-state index contributed by atoms with van der Waals surface area (Å²) in [6.45, 7) is 2.18. The molecule has 1 aliphatic heterocycles. The molecule has 0 aliphatic carbocycles. The average Bonchev–Trinajstić information content (AvgIpc) is 3.21. The van der Waals surface area contributed by atoms with Gasteiger partial charge >= 0.3 is 5.97 Å². The molecule has 1 aromatic carbocycles. The van der Waals surface area contributed by atoms with E-state index in [1.807, 2.05) is 6.92 Å². The first-order valence-corrected chi connectivity index (χ1v) is 7.77. The summed E-state index contributed by atoms with van der Waals surface area (Å²) in [7, 11) is 0. The van der Waals surface area contributed by atoms with E-state index in [0.717, 1.165) is 0 Å². The van der Waals surface area contributed by atoms with E-state index >= 15 is 0 Å². The maximum Gasteiger partial charge on any atom is 0.326 e. The van der Waals surface area contributed by atoms with Crippen molar-refractivity contribution in [1.82, 2.24) is 19.7 Å². The largest absolute Gasteiger partial charge is 0.480 e. The number of carbonyl (C=O) groups excluding carboxylic acids is 1. The second kappa shape index (κ2) is 6.38. The Morgan fingerprint density at radius 3 is 2.79 bits per heavy atom. The number of carboxylic acids is 1. The molecule has 1 aromatic heterocycles. The lowest BCUT2D eigenvalue weighted by atomic mass is 10.2. The Bertz CT molecular complexity index is 789. The standard InChI is InChI=1S/C16H17FN4O3/c1-2-13-18-14(15(22)20-9-5-8-12(20)16(23)24)19-21(13)11-7-4-3-6-10(11)17/h3-4,6-7,12H,2,5,8-9H2,1H3,(H,23,24). The number of aromatic nitrogens is 3. The van der Waals surface area contributed by atoms with Gasteiger partial charge in [-0.1, -0.05) is 19.1 Å². The Morgan fingerprint density at radius 1 is 1.38 bits per heavy atom. The zero-order chi connectivity index (χ0) is 17.3. The third-order valence-electron chi connectivity index (χ3n) is 4.06.